The number of rotatable bonds is 2. The molecule has 1 aromatic carbocycles. The van der Waals surface area contributed by atoms with Gasteiger partial charge in [0.25, 0.3) is 0 Å². The van der Waals surface area contributed by atoms with Crippen LogP contribution in [0.3, 0.4) is 0 Å². The van der Waals surface area contributed by atoms with Gasteiger partial charge in [-0.2, -0.15) is 5.26 Å². The second kappa shape index (κ2) is 4.04. The molecule has 0 bridgehead atoms. The lowest BCUT2D eigenvalue weighted by Gasteiger charge is -2.16. The molecule has 0 radical (unpaired) electrons. The molecular weight excluding hydrogens is 184 g/mol. The molecule has 0 fully saturated rings. The van der Waals surface area contributed by atoms with Gasteiger partial charge in [0.05, 0.1) is 11.6 Å². The van der Waals surface area contributed by atoms with Crippen molar-refractivity contribution in [1.82, 2.24) is 4.90 Å². The van der Waals surface area contributed by atoms with Gasteiger partial charge in [0, 0.05) is 19.6 Å². The summed E-state index contributed by atoms with van der Waals surface area (Å²) in [5.74, 6) is 0.703. The van der Waals surface area contributed by atoms with E-state index in [0.717, 1.165) is 25.2 Å². The third-order valence-corrected chi connectivity index (χ3v) is 2.75. The maximum absolute atomic E-state index is 8.82. The van der Waals surface area contributed by atoms with Crippen LogP contribution in [0.2, 0.25) is 0 Å². The van der Waals surface area contributed by atoms with Crippen molar-refractivity contribution in [3.63, 3.8) is 0 Å². The van der Waals surface area contributed by atoms with Crippen molar-refractivity contribution in [3.05, 3.63) is 34.9 Å². The summed E-state index contributed by atoms with van der Waals surface area (Å²) in [6, 6.07) is 8.22. The summed E-state index contributed by atoms with van der Waals surface area (Å²) in [6.45, 7) is 7.66. The summed E-state index contributed by atoms with van der Waals surface area (Å²) in [4.78, 5) is 2.44. The first-order valence-electron chi connectivity index (χ1n) is 5.43. The standard InChI is InChI=1S/C13H16N2/c1-10(2)7-15-8-12-4-3-11(6-14)5-13(12)9-15/h3-5,10H,7-9H2,1-2H3. The van der Waals surface area contributed by atoms with Gasteiger partial charge in [0.15, 0.2) is 0 Å². The van der Waals surface area contributed by atoms with Crippen molar-refractivity contribution in [2.24, 2.45) is 5.92 Å². The van der Waals surface area contributed by atoms with Crippen molar-refractivity contribution in [1.29, 1.82) is 5.26 Å². The monoisotopic (exact) mass is 200 g/mol. The number of nitriles is 1. The van der Waals surface area contributed by atoms with Gasteiger partial charge in [-0.1, -0.05) is 19.9 Å². The van der Waals surface area contributed by atoms with Gasteiger partial charge in [-0.25, -0.2) is 0 Å². The summed E-state index contributed by atoms with van der Waals surface area (Å²) in [6.07, 6.45) is 0. The van der Waals surface area contributed by atoms with Gasteiger partial charge in [-0.05, 0) is 29.2 Å². The zero-order valence-corrected chi connectivity index (χ0v) is 9.33. The van der Waals surface area contributed by atoms with Gasteiger partial charge in [-0.3, -0.25) is 4.90 Å². The van der Waals surface area contributed by atoms with Gasteiger partial charge in [-0.15, -0.1) is 0 Å². The summed E-state index contributed by atoms with van der Waals surface area (Å²) in [5, 5.41) is 8.82. The highest BCUT2D eigenvalue weighted by molar-refractivity contribution is 5.39. The zero-order valence-electron chi connectivity index (χ0n) is 9.33. The fourth-order valence-electron chi connectivity index (χ4n) is 2.18. The molecule has 0 aliphatic carbocycles. The van der Waals surface area contributed by atoms with E-state index < -0.39 is 0 Å². The molecule has 1 heterocycles. The van der Waals surface area contributed by atoms with Gasteiger partial charge in [0.2, 0.25) is 0 Å². The Balaban J connectivity index is 2.14. The first-order valence-corrected chi connectivity index (χ1v) is 5.43. The molecule has 0 amide bonds. The molecule has 0 unspecified atom stereocenters. The minimum atomic E-state index is 0.703. The lowest BCUT2D eigenvalue weighted by Crippen LogP contribution is -2.21. The Labute approximate surface area is 91.1 Å². The molecule has 2 heteroatoms. The molecule has 1 aromatic rings. The molecule has 0 saturated heterocycles. The molecule has 2 rings (SSSR count). The van der Waals surface area contributed by atoms with Crippen molar-refractivity contribution in [2.75, 3.05) is 6.54 Å². The number of hydrogen-bond acceptors (Lipinski definition) is 2. The number of hydrogen-bond donors (Lipinski definition) is 0. The van der Waals surface area contributed by atoms with Gasteiger partial charge >= 0.3 is 0 Å². The fourth-order valence-corrected chi connectivity index (χ4v) is 2.18. The minimum Gasteiger partial charge on any atom is -0.295 e. The van der Waals surface area contributed by atoms with Crippen molar-refractivity contribution < 1.29 is 0 Å². The quantitative estimate of drug-likeness (QED) is 0.733. The van der Waals surface area contributed by atoms with Gasteiger partial charge in [0.1, 0.15) is 0 Å². The van der Waals surface area contributed by atoms with Crippen LogP contribution >= 0.6 is 0 Å². The maximum Gasteiger partial charge on any atom is 0.0991 e. The van der Waals surface area contributed by atoms with E-state index in [9.17, 15) is 0 Å². The molecule has 0 saturated carbocycles. The second-order valence-electron chi connectivity index (χ2n) is 4.66. The van der Waals surface area contributed by atoms with E-state index in [1.165, 1.54) is 11.1 Å². The van der Waals surface area contributed by atoms with Crippen LogP contribution in [0.15, 0.2) is 18.2 Å². The van der Waals surface area contributed by atoms with E-state index in [2.05, 4.69) is 30.9 Å². The Kier molecular flexibility index (Phi) is 2.75. The molecule has 0 atom stereocenters. The first-order chi connectivity index (χ1) is 7.19. The highest BCUT2D eigenvalue weighted by atomic mass is 15.1. The normalized spacial score (nSPS) is 15.3. The lowest BCUT2D eigenvalue weighted by atomic mass is 10.1. The van der Waals surface area contributed by atoms with E-state index in [4.69, 9.17) is 5.26 Å². The number of fused-ring (bicyclic) bond motifs is 1. The van der Waals surface area contributed by atoms with Crippen molar-refractivity contribution in [3.8, 4) is 6.07 Å². The topological polar surface area (TPSA) is 27.0 Å². The lowest BCUT2D eigenvalue weighted by molar-refractivity contribution is 0.251. The molecule has 0 N–H and O–H groups in total. The molecule has 1 aliphatic heterocycles. The summed E-state index contributed by atoms with van der Waals surface area (Å²) < 4.78 is 0. The van der Waals surface area contributed by atoms with E-state index in [0.29, 0.717) is 5.92 Å². The van der Waals surface area contributed by atoms with E-state index in [1.54, 1.807) is 0 Å². The van der Waals surface area contributed by atoms with Crippen LogP contribution in [0.1, 0.15) is 30.5 Å². The van der Waals surface area contributed by atoms with E-state index in [1.807, 2.05) is 12.1 Å². The third-order valence-electron chi connectivity index (χ3n) is 2.75. The molecular formula is C13H16N2. The van der Waals surface area contributed by atoms with E-state index >= 15 is 0 Å². The van der Waals surface area contributed by atoms with Crippen molar-refractivity contribution in [2.45, 2.75) is 26.9 Å². The smallest absolute Gasteiger partial charge is 0.0991 e. The Morgan fingerprint density at radius 3 is 2.73 bits per heavy atom. The van der Waals surface area contributed by atoms with Crippen molar-refractivity contribution >= 4 is 0 Å². The second-order valence-corrected chi connectivity index (χ2v) is 4.66. The summed E-state index contributed by atoms with van der Waals surface area (Å²) in [7, 11) is 0. The van der Waals surface area contributed by atoms with Crippen LogP contribution in [0.25, 0.3) is 0 Å². The van der Waals surface area contributed by atoms with E-state index in [-0.39, 0.29) is 0 Å². The average Bonchev–Trinajstić information content (AvgIpc) is 2.57. The van der Waals surface area contributed by atoms with Crippen LogP contribution in [0.5, 0.6) is 0 Å². The molecule has 0 spiro atoms. The highest BCUT2D eigenvalue weighted by Gasteiger charge is 2.19. The maximum atomic E-state index is 8.82. The number of nitrogens with zero attached hydrogens (tertiary/aromatic N) is 2. The molecule has 78 valence electrons. The Hall–Kier alpha value is -1.33. The predicted molar refractivity (Wildman–Crippen MR) is 60.1 cm³/mol. The fraction of sp³-hybridized carbons (Fsp3) is 0.462. The average molecular weight is 200 g/mol. The van der Waals surface area contributed by atoms with Gasteiger partial charge < -0.3 is 0 Å². The third kappa shape index (κ3) is 2.19. The SMILES string of the molecule is CC(C)CN1Cc2ccc(C#N)cc2C1. The van der Waals surface area contributed by atoms with Crippen LogP contribution in [-0.4, -0.2) is 11.4 Å². The predicted octanol–water partition coefficient (Wildman–Crippen LogP) is 2.53. The first kappa shape index (κ1) is 10.2. The zero-order chi connectivity index (χ0) is 10.8. The molecule has 1 aliphatic rings. The molecule has 15 heavy (non-hydrogen) atoms. The van der Waals surface area contributed by atoms with Crippen LogP contribution in [0.4, 0.5) is 0 Å². The molecule has 2 nitrogen and oxygen atoms in total. The molecule has 0 aromatic heterocycles. The Morgan fingerprint density at radius 1 is 1.33 bits per heavy atom. The van der Waals surface area contributed by atoms with Crippen LogP contribution < -0.4 is 0 Å². The summed E-state index contributed by atoms with van der Waals surface area (Å²) in [5.41, 5.74) is 3.49. The minimum absolute atomic E-state index is 0.703. The van der Waals surface area contributed by atoms with Crippen LogP contribution in [-0.2, 0) is 13.1 Å². The number of benzene rings is 1. The van der Waals surface area contributed by atoms with Crippen LogP contribution in [0, 0.1) is 17.2 Å². The Morgan fingerprint density at radius 2 is 2.07 bits per heavy atom. The summed E-state index contributed by atoms with van der Waals surface area (Å²) >= 11 is 0. The Bertz CT molecular complexity index is 401. The highest BCUT2D eigenvalue weighted by Crippen LogP contribution is 2.24. The largest absolute Gasteiger partial charge is 0.295 e.